The minimum atomic E-state index is -0.843. The predicted octanol–water partition coefficient (Wildman–Crippen LogP) is 2.12. The van der Waals surface area contributed by atoms with Crippen molar-refractivity contribution in [2.45, 2.75) is 24.7 Å². The zero-order valence-electron chi connectivity index (χ0n) is 9.85. The van der Waals surface area contributed by atoms with Crippen LogP contribution < -0.4 is 0 Å². The van der Waals surface area contributed by atoms with Crippen molar-refractivity contribution >= 4 is 5.97 Å². The molecule has 1 N–H and O–H groups in total. The summed E-state index contributed by atoms with van der Waals surface area (Å²) < 4.78 is 0. The van der Waals surface area contributed by atoms with Crippen LogP contribution in [-0.4, -0.2) is 35.6 Å². The summed E-state index contributed by atoms with van der Waals surface area (Å²) in [6.45, 7) is 3.61. The third kappa shape index (κ3) is 1.95. The molecule has 0 aromatic heterocycles. The van der Waals surface area contributed by atoms with Gasteiger partial charge in [0.05, 0.1) is 5.56 Å². The second kappa shape index (κ2) is 3.84. The molecule has 1 aromatic rings. The summed E-state index contributed by atoms with van der Waals surface area (Å²) in [5.41, 5.74) is 2.03. The zero-order chi connectivity index (χ0) is 11.9. The largest absolute Gasteiger partial charge is 0.478 e. The molecule has 2 fully saturated rings. The van der Waals surface area contributed by atoms with E-state index in [0.29, 0.717) is 11.0 Å². The molecule has 0 unspecified atom stereocenters. The van der Waals surface area contributed by atoms with Gasteiger partial charge in [0.25, 0.3) is 0 Å². The van der Waals surface area contributed by atoms with E-state index in [-0.39, 0.29) is 0 Å². The van der Waals surface area contributed by atoms with Gasteiger partial charge in [-0.25, -0.2) is 4.79 Å². The van der Waals surface area contributed by atoms with Crippen molar-refractivity contribution in [2.75, 3.05) is 19.6 Å². The van der Waals surface area contributed by atoms with Crippen LogP contribution in [0.15, 0.2) is 24.3 Å². The second-order valence-electron chi connectivity index (χ2n) is 5.29. The number of carbonyl (C=O) groups is 1. The molecule has 0 bridgehead atoms. The molecule has 1 aliphatic carbocycles. The fraction of sp³-hybridized carbons (Fsp3) is 0.500. The first-order valence-electron chi connectivity index (χ1n) is 6.26. The first-order valence-corrected chi connectivity index (χ1v) is 6.26. The number of hydrogen-bond acceptors (Lipinski definition) is 2. The molecule has 1 saturated carbocycles. The van der Waals surface area contributed by atoms with E-state index < -0.39 is 5.97 Å². The molecule has 1 saturated heterocycles. The molecule has 2 aliphatic rings. The molecular formula is C14H17NO2. The number of benzene rings is 1. The van der Waals surface area contributed by atoms with Crippen LogP contribution in [0, 0.1) is 0 Å². The average Bonchev–Trinajstić information content (AvgIpc) is 3.05. The molecule has 0 spiro atoms. The summed E-state index contributed by atoms with van der Waals surface area (Å²) in [6, 6.07) is 7.45. The summed E-state index contributed by atoms with van der Waals surface area (Å²) in [7, 11) is 0. The van der Waals surface area contributed by atoms with Crippen LogP contribution >= 0.6 is 0 Å². The number of aromatic carboxylic acids is 1. The Bertz CT molecular complexity index is 430. The van der Waals surface area contributed by atoms with Crippen LogP contribution in [0.3, 0.4) is 0 Å². The van der Waals surface area contributed by atoms with Gasteiger partial charge in [-0.15, -0.1) is 0 Å². The number of rotatable bonds is 4. The monoisotopic (exact) mass is 231 g/mol. The molecule has 3 nitrogen and oxygen atoms in total. The Morgan fingerprint density at radius 1 is 1.24 bits per heavy atom. The first-order chi connectivity index (χ1) is 8.20. The van der Waals surface area contributed by atoms with Crippen molar-refractivity contribution in [1.82, 2.24) is 4.90 Å². The summed E-state index contributed by atoms with van der Waals surface area (Å²) in [5.74, 6) is -0.843. The van der Waals surface area contributed by atoms with Crippen molar-refractivity contribution in [1.29, 1.82) is 0 Å². The predicted molar refractivity (Wildman–Crippen MR) is 65.4 cm³/mol. The number of carboxylic acids is 1. The van der Waals surface area contributed by atoms with Crippen molar-refractivity contribution in [3.05, 3.63) is 35.4 Å². The Kier molecular flexibility index (Phi) is 2.44. The molecule has 3 heteroatoms. The summed E-state index contributed by atoms with van der Waals surface area (Å²) in [5, 5.41) is 8.88. The molecule has 90 valence electrons. The maximum Gasteiger partial charge on any atom is 0.335 e. The van der Waals surface area contributed by atoms with Crippen molar-refractivity contribution in [2.24, 2.45) is 0 Å². The van der Waals surface area contributed by atoms with Crippen molar-refractivity contribution in [3.8, 4) is 0 Å². The van der Waals surface area contributed by atoms with Crippen LogP contribution in [0.5, 0.6) is 0 Å². The fourth-order valence-electron chi connectivity index (χ4n) is 2.62. The Morgan fingerprint density at radius 2 is 1.88 bits per heavy atom. The highest BCUT2D eigenvalue weighted by Gasteiger charge is 2.45. The van der Waals surface area contributed by atoms with Crippen LogP contribution in [0.2, 0.25) is 0 Å². The van der Waals surface area contributed by atoms with E-state index in [1.807, 2.05) is 12.1 Å². The summed E-state index contributed by atoms with van der Waals surface area (Å²) in [4.78, 5) is 13.3. The van der Waals surface area contributed by atoms with Gasteiger partial charge in [0.2, 0.25) is 0 Å². The minimum Gasteiger partial charge on any atom is -0.478 e. The summed E-state index contributed by atoms with van der Waals surface area (Å²) >= 11 is 0. The van der Waals surface area contributed by atoms with E-state index in [4.69, 9.17) is 5.11 Å². The lowest BCUT2D eigenvalue weighted by molar-refractivity contribution is 0.0697. The lowest BCUT2D eigenvalue weighted by Gasteiger charge is -2.34. The lowest BCUT2D eigenvalue weighted by atomic mass is 9.93. The maximum absolute atomic E-state index is 10.8. The molecule has 17 heavy (non-hydrogen) atoms. The standard InChI is InChI=1S/C14H17NO2/c16-13(17)11-2-4-12(5-3-11)14(6-7-14)10-15-8-1-9-15/h2-5H,1,6-10H2,(H,16,17). The molecule has 0 amide bonds. The van der Waals surface area contributed by atoms with E-state index in [9.17, 15) is 4.79 Å². The third-order valence-corrected chi connectivity index (χ3v) is 4.07. The highest BCUT2D eigenvalue weighted by Crippen LogP contribution is 2.49. The van der Waals surface area contributed by atoms with E-state index in [1.54, 1.807) is 12.1 Å². The second-order valence-corrected chi connectivity index (χ2v) is 5.29. The molecule has 0 atom stereocenters. The summed E-state index contributed by atoms with van der Waals surface area (Å²) in [6.07, 6.45) is 3.82. The van der Waals surface area contributed by atoms with E-state index in [2.05, 4.69) is 4.90 Å². The topological polar surface area (TPSA) is 40.5 Å². The zero-order valence-corrected chi connectivity index (χ0v) is 9.85. The normalized spacial score (nSPS) is 21.9. The van der Waals surface area contributed by atoms with Crippen molar-refractivity contribution < 1.29 is 9.90 Å². The SMILES string of the molecule is O=C(O)c1ccc(C2(CN3CCC3)CC2)cc1. The van der Waals surface area contributed by atoms with Gasteiger partial charge < -0.3 is 10.0 Å². The van der Waals surface area contributed by atoms with E-state index in [0.717, 1.165) is 6.54 Å². The van der Waals surface area contributed by atoms with Gasteiger partial charge >= 0.3 is 5.97 Å². The van der Waals surface area contributed by atoms with Crippen LogP contribution in [0.1, 0.15) is 35.2 Å². The molecule has 3 rings (SSSR count). The molecular weight excluding hydrogens is 214 g/mol. The van der Waals surface area contributed by atoms with Crippen LogP contribution in [0.4, 0.5) is 0 Å². The highest BCUT2D eigenvalue weighted by atomic mass is 16.4. The highest BCUT2D eigenvalue weighted by molar-refractivity contribution is 5.87. The molecule has 1 heterocycles. The molecule has 0 radical (unpaired) electrons. The average molecular weight is 231 g/mol. The Balaban J connectivity index is 1.76. The minimum absolute atomic E-state index is 0.331. The van der Waals surface area contributed by atoms with Gasteiger partial charge in [-0.1, -0.05) is 12.1 Å². The van der Waals surface area contributed by atoms with Gasteiger partial charge in [0, 0.05) is 12.0 Å². The Hall–Kier alpha value is -1.35. The van der Waals surface area contributed by atoms with Gasteiger partial charge in [-0.3, -0.25) is 0 Å². The van der Waals surface area contributed by atoms with Crippen LogP contribution in [0.25, 0.3) is 0 Å². The molecule has 1 aliphatic heterocycles. The lowest BCUT2D eigenvalue weighted by Crippen LogP contribution is -2.42. The maximum atomic E-state index is 10.8. The van der Waals surface area contributed by atoms with E-state index >= 15 is 0 Å². The first kappa shape index (κ1) is 10.8. The number of nitrogens with zero attached hydrogens (tertiary/aromatic N) is 1. The van der Waals surface area contributed by atoms with Crippen molar-refractivity contribution in [3.63, 3.8) is 0 Å². The third-order valence-electron chi connectivity index (χ3n) is 4.07. The fourth-order valence-corrected chi connectivity index (χ4v) is 2.62. The van der Waals surface area contributed by atoms with Gasteiger partial charge in [0.1, 0.15) is 0 Å². The van der Waals surface area contributed by atoms with Crippen LogP contribution in [-0.2, 0) is 5.41 Å². The van der Waals surface area contributed by atoms with Gasteiger partial charge in [0.15, 0.2) is 0 Å². The number of carboxylic acid groups (broad SMARTS) is 1. The number of likely N-dealkylation sites (tertiary alicyclic amines) is 1. The van der Waals surface area contributed by atoms with Gasteiger partial charge in [-0.2, -0.15) is 0 Å². The number of hydrogen-bond donors (Lipinski definition) is 1. The van der Waals surface area contributed by atoms with E-state index in [1.165, 1.54) is 37.9 Å². The Labute approximate surface area is 101 Å². The molecule has 1 aromatic carbocycles. The quantitative estimate of drug-likeness (QED) is 0.863. The Morgan fingerprint density at radius 3 is 2.29 bits per heavy atom. The van der Waals surface area contributed by atoms with Gasteiger partial charge in [-0.05, 0) is 50.0 Å². The smallest absolute Gasteiger partial charge is 0.335 e.